The fourth-order valence-electron chi connectivity index (χ4n) is 2.54. The third-order valence-electron chi connectivity index (χ3n) is 4.16. The fourth-order valence-corrected chi connectivity index (χ4v) is 3.94. The molecule has 1 N–H and O–H groups in total. The minimum atomic E-state index is -3.50. The number of nitrogens with zero attached hydrogens (tertiary/aromatic N) is 3. The highest BCUT2D eigenvalue weighted by molar-refractivity contribution is 7.89. The van der Waals surface area contributed by atoms with Gasteiger partial charge in [0.25, 0.3) is 5.89 Å². The zero-order valence-electron chi connectivity index (χ0n) is 14.7. The molecular weight excluding hydrogens is 380 g/mol. The summed E-state index contributed by atoms with van der Waals surface area (Å²) in [6, 6.07) is 6.75. The molecule has 1 aliphatic rings. The number of aromatic nitrogens is 2. The van der Waals surface area contributed by atoms with E-state index in [1.165, 1.54) is 4.31 Å². The summed E-state index contributed by atoms with van der Waals surface area (Å²) < 4.78 is 37.1. The molecule has 1 saturated heterocycles. The first kappa shape index (κ1) is 20.8. The van der Waals surface area contributed by atoms with Crippen molar-refractivity contribution in [1.82, 2.24) is 19.8 Å². The summed E-state index contributed by atoms with van der Waals surface area (Å²) in [6.45, 7) is 3.63. The van der Waals surface area contributed by atoms with E-state index in [1.54, 1.807) is 24.3 Å². The Bertz CT molecular complexity index is 804. The van der Waals surface area contributed by atoms with Crippen LogP contribution in [0.3, 0.4) is 0 Å². The number of ether oxygens (including phenoxy) is 1. The van der Waals surface area contributed by atoms with Gasteiger partial charge in [-0.05, 0) is 38.2 Å². The van der Waals surface area contributed by atoms with Crippen LogP contribution in [-0.4, -0.2) is 62.3 Å². The molecule has 1 aromatic carbocycles. The van der Waals surface area contributed by atoms with Gasteiger partial charge in [0.05, 0.1) is 18.1 Å². The van der Waals surface area contributed by atoms with Crippen LogP contribution in [0.4, 0.5) is 0 Å². The molecule has 26 heavy (non-hydrogen) atoms. The van der Waals surface area contributed by atoms with Crippen molar-refractivity contribution in [1.29, 1.82) is 0 Å². The Labute approximate surface area is 159 Å². The first-order valence-corrected chi connectivity index (χ1v) is 9.63. The van der Waals surface area contributed by atoms with Crippen molar-refractivity contribution in [2.24, 2.45) is 0 Å². The van der Waals surface area contributed by atoms with Crippen LogP contribution in [0.1, 0.15) is 12.7 Å². The standard InChI is InChI=1S/C16H22N4O4S.ClH/c1-12(17-2)11-15-18-16(24-19-15)13-3-5-14(6-4-13)25(21,22)20-7-9-23-10-8-20;/h3-6,12,17H,7-11H2,1-2H3;1H. The molecule has 2 heterocycles. The molecule has 0 aliphatic carbocycles. The lowest BCUT2D eigenvalue weighted by atomic mass is 10.2. The maximum Gasteiger partial charge on any atom is 0.257 e. The van der Waals surface area contributed by atoms with Gasteiger partial charge in [-0.25, -0.2) is 8.42 Å². The van der Waals surface area contributed by atoms with E-state index in [1.807, 2.05) is 14.0 Å². The van der Waals surface area contributed by atoms with Gasteiger partial charge in [-0.2, -0.15) is 9.29 Å². The second-order valence-electron chi connectivity index (χ2n) is 5.95. The number of benzene rings is 1. The quantitative estimate of drug-likeness (QED) is 0.778. The lowest BCUT2D eigenvalue weighted by molar-refractivity contribution is 0.0730. The third-order valence-corrected chi connectivity index (χ3v) is 6.07. The molecule has 0 amide bonds. The fraction of sp³-hybridized carbons (Fsp3) is 0.500. The Morgan fingerprint density at radius 2 is 1.88 bits per heavy atom. The van der Waals surface area contributed by atoms with Gasteiger partial charge in [0.1, 0.15) is 0 Å². The lowest BCUT2D eigenvalue weighted by Crippen LogP contribution is -2.40. The normalized spacial score (nSPS) is 16.8. The van der Waals surface area contributed by atoms with Crippen molar-refractivity contribution < 1.29 is 17.7 Å². The average molecular weight is 403 g/mol. The van der Waals surface area contributed by atoms with Gasteiger partial charge in [0, 0.05) is 31.1 Å². The maximum absolute atomic E-state index is 12.6. The largest absolute Gasteiger partial charge is 0.379 e. The highest BCUT2D eigenvalue weighted by Gasteiger charge is 2.26. The predicted molar refractivity (Wildman–Crippen MR) is 98.8 cm³/mol. The van der Waals surface area contributed by atoms with Crippen molar-refractivity contribution >= 4 is 22.4 Å². The molecule has 1 aliphatic heterocycles. The molecule has 0 bridgehead atoms. The van der Waals surface area contributed by atoms with E-state index in [0.717, 1.165) is 0 Å². The van der Waals surface area contributed by atoms with Crippen LogP contribution in [0.25, 0.3) is 11.5 Å². The van der Waals surface area contributed by atoms with Gasteiger partial charge < -0.3 is 14.6 Å². The smallest absolute Gasteiger partial charge is 0.257 e. The highest BCUT2D eigenvalue weighted by Crippen LogP contribution is 2.22. The number of nitrogens with one attached hydrogen (secondary N) is 1. The molecule has 1 unspecified atom stereocenters. The molecule has 8 nitrogen and oxygen atoms in total. The van der Waals surface area contributed by atoms with Gasteiger partial charge in [-0.3, -0.25) is 0 Å². The average Bonchev–Trinajstić information content (AvgIpc) is 3.11. The van der Waals surface area contributed by atoms with Crippen LogP contribution in [0.5, 0.6) is 0 Å². The Hall–Kier alpha value is -1.52. The van der Waals surface area contributed by atoms with Crippen LogP contribution < -0.4 is 5.32 Å². The second-order valence-corrected chi connectivity index (χ2v) is 7.89. The van der Waals surface area contributed by atoms with Crippen molar-refractivity contribution in [3.05, 3.63) is 30.1 Å². The number of halogens is 1. The second kappa shape index (κ2) is 8.92. The third kappa shape index (κ3) is 4.60. The summed E-state index contributed by atoms with van der Waals surface area (Å²) in [5, 5.41) is 7.07. The first-order chi connectivity index (χ1) is 12.0. The number of hydrogen-bond donors (Lipinski definition) is 1. The van der Waals surface area contributed by atoms with Gasteiger partial charge in [-0.15, -0.1) is 12.4 Å². The summed E-state index contributed by atoms with van der Waals surface area (Å²) in [5.74, 6) is 0.996. The molecular formula is C16H23ClN4O4S. The van der Waals surface area contributed by atoms with Gasteiger partial charge in [0.15, 0.2) is 5.82 Å². The van der Waals surface area contributed by atoms with Crippen LogP contribution in [-0.2, 0) is 21.2 Å². The van der Waals surface area contributed by atoms with E-state index < -0.39 is 10.0 Å². The Balaban J connectivity index is 0.00000243. The molecule has 0 radical (unpaired) electrons. The molecule has 1 atom stereocenters. The summed E-state index contributed by atoms with van der Waals surface area (Å²) in [5.41, 5.74) is 0.691. The number of morpholine rings is 1. The minimum absolute atomic E-state index is 0. The minimum Gasteiger partial charge on any atom is -0.379 e. The Morgan fingerprint density at radius 1 is 1.23 bits per heavy atom. The van der Waals surface area contributed by atoms with Crippen molar-refractivity contribution in [3.63, 3.8) is 0 Å². The number of likely N-dealkylation sites (N-methyl/N-ethyl adjacent to an activating group) is 1. The molecule has 2 aromatic rings. The van der Waals surface area contributed by atoms with Crippen molar-refractivity contribution in [2.75, 3.05) is 33.4 Å². The first-order valence-electron chi connectivity index (χ1n) is 8.19. The van der Waals surface area contributed by atoms with Crippen LogP contribution >= 0.6 is 12.4 Å². The number of hydrogen-bond acceptors (Lipinski definition) is 7. The summed E-state index contributed by atoms with van der Waals surface area (Å²) in [7, 11) is -1.62. The van der Waals surface area contributed by atoms with E-state index in [-0.39, 0.29) is 23.3 Å². The zero-order chi connectivity index (χ0) is 17.9. The van der Waals surface area contributed by atoms with Crippen LogP contribution in [0.2, 0.25) is 0 Å². The van der Waals surface area contributed by atoms with Crippen LogP contribution in [0, 0.1) is 0 Å². The zero-order valence-corrected chi connectivity index (χ0v) is 16.3. The highest BCUT2D eigenvalue weighted by atomic mass is 35.5. The van der Waals surface area contributed by atoms with Crippen molar-refractivity contribution in [2.45, 2.75) is 24.3 Å². The van der Waals surface area contributed by atoms with E-state index in [2.05, 4.69) is 15.5 Å². The van der Waals surface area contributed by atoms with Gasteiger partial charge in [-0.1, -0.05) is 5.16 Å². The van der Waals surface area contributed by atoms with E-state index in [9.17, 15) is 8.42 Å². The van der Waals surface area contributed by atoms with E-state index in [0.29, 0.717) is 50.0 Å². The van der Waals surface area contributed by atoms with E-state index in [4.69, 9.17) is 9.26 Å². The molecule has 1 fully saturated rings. The molecule has 1 aromatic heterocycles. The maximum atomic E-state index is 12.6. The number of sulfonamides is 1. The molecule has 10 heteroatoms. The molecule has 0 spiro atoms. The Morgan fingerprint density at radius 3 is 2.50 bits per heavy atom. The topological polar surface area (TPSA) is 97.6 Å². The monoisotopic (exact) mass is 402 g/mol. The van der Waals surface area contributed by atoms with E-state index >= 15 is 0 Å². The molecule has 3 rings (SSSR count). The molecule has 0 saturated carbocycles. The summed E-state index contributed by atoms with van der Waals surface area (Å²) >= 11 is 0. The van der Waals surface area contributed by atoms with Crippen molar-refractivity contribution in [3.8, 4) is 11.5 Å². The van der Waals surface area contributed by atoms with Crippen LogP contribution in [0.15, 0.2) is 33.7 Å². The van der Waals surface area contributed by atoms with Gasteiger partial charge in [0.2, 0.25) is 10.0 Å². The predicted octanol–water partition coefficient (Wildman–Crippen LogP) is 1.33. The molecule has 144 valence electrons. The van der Waals surface area contributed by atoms with Gasteiger partial charge >= 0.3 is 0 Å². The lowest BCUT2D eigenvalue weighted by Gasteiger charge is -2.26. The number of rotatable bonds is 6. The summed E-state index contributed by atoms with van der Waals surface area (Å²) in [4.78, 5) is 4.61. The Kier molecular flexibility index (Phi) is 7.13. The summed E-state index contributed by atoms with van der Waals surface area (Å²) in [6.07, 6.45) is 0.656. The SMILES string of the molecule is CNC(C)Cc1noc(-c2ccc(S(=O)(=O)N3CCOCC3)cc2)n1.Cl.